The number of nitrogens with zero attached hydrogens (tertiary/aromatic N) is 2. The molecule has 0 atom stereocenters. The molecule has 2 aromatic rings. The van der Waals surface area contributed by atoms with Crippen LogP contribution in [0.25, 0.3) is 11.0 Å². The molecule has 3 rings (SSSR count). The van der Waals surface area contributed by atoms with Crippen LogP contribution in [0.4, 0.5) is 0 Å². The van der Waals surface area contributed by atoms with Crippen LogP contribution in [-0.4, -0.2) is 35.5 Å². The maximum absolute atomic E-state index is 12.2. The fourth-order valence-electron chi connectivity index (χ4n) is 3.35. The summed E-state index contributed by atoms with van der Waals surface area (Å²) in [6.07, 6.45) is 4.22. The Hall–Kier alpha value is -2.63. The van der Waals surface area contributed by atoms with Crippen molar-refractivity contribution < 1.29 is 14.0 Å². The van der Waals surface area contributed by atoms with E-state index in [9.17, 15) is 9.59 Å². The Bertz CT molecular complexity index is 838. The quantitative estimate of drug-likeness (QED) is 0.661. The van der Waals surface area contributed by atoms with Crippen molar-refractivity contribution in [3.8, 4) is 0 Å². The van der Waals surface area contributed by atoms with Gasteiger partial charge in [-0.15, -0.1) is 0 Å². The summed E-state index contributed by atoms with van der Waals surface area (Å²) in [5.74, 6) is 0.456. The van der Waals surface area contributed by atoms with E-state index in [4.69, 9.17) is 4.42 Å². The molecule has 1 aliphatic rings. The summed E-state index contributed by atoms with van der Waals surface area (Å²) < 4.78 is 5.92. The minimum absolute atomic E-state index is 0.0453. The van der Waals surface area contributed by atoms with E-state index >= 15 is 0 Å². The van der Waals surface area contributed by atoms with Crippen molar-refractivity contribution >= 4 is 28.5 Å². The molecule has 0 aliphatic carbocycles. The average molecular weight is 355 g/mol. The van der Waals surface area contributed by atoms with Crippen LogP contribution >= 0.6 is 0 Å². The van der Waals surface area contributed by atoms with Crippen LogP contribution in [-0.2, 0) is 16.0 Å². The molecule has 2 amide bonds. The largest absolute Gasteiger partial charge is 0.454 e. The molecule has 1 aromatic carbocycles. The van der Waals surface area contributed by atoms with Crippen LogP contribution in [0.3, 0.4) is 0 Å². The lowest BCUT2D eigenvalue weighted by Gasteiger charge is -2.18. The molecule has 1 N–H and O–H groups in total. The molecular formula is C20H25N3O3. The number of nitrogens with one attached hydrogen (secondary N) is 1. The maximum atomic E-state index is 12.2. The van der Waals surface area contributed by atoms with Gasteiger partial charge in [0.1, 0.15) is 17.8 Å². The minimum Gasteiger partial charge on any atom is -0.454 e. The number of hydrogen-bond acceptors (Lipinski definition) is 4. The summed E-state index contributed by atoms with van der Waals surface area (Å²) in [6, 6.07) is 7.86. The second kappa shape index (κ2) is 8.17. The molecule has 1 saturated heterocycles. The van der Waals surface area contributed by atoms with Crippen LogP contribution in [0.1, 0.15) is 50.9 Å². The number of amides is 2. The number of carbonyl (C=O) groups is 2. The Balaban J connectivity index is 1.70. The van der Waals surface area contributed by atoms with Gasteiger partial charge in [0.2, 0.25) is 5.91 Å². The van der Waals surface area contributed by atoms with Crippen molar-refractivity contribution in [3.05, 3.63) is 35.6 Å². The Morgan fingerprint density at radius 1 is 1.27 bits per heavy atom. The molecule has 6 nitrogen and oxygen atoms in total. The SMILES string of the molecule is CCc1c(/C(C)=N\NC(=O)CN2CCCCCC2=O)oc2ccccc12. The van der Waals surface area contributed by atoms with Crippen molar-refractivity contribution in [2.45, 2.75) is 46.0 Å². The summed E-state index contributed by atoms with van der Waals surface area (Å²) in [4.78, 5) is 25.8. The lowest BCUT2D eigenvalue weighted by atomic mass is 10.1. The summed E-state index contributed by atoms with van der Waals surface area (Å²) in [5, 5.41) is 5.27. The number of hydrazone groups is 1. The molecule has 2 heterocycles. The highest BCUT2D eigenvalue weighted by Gasteiger charge is 2.19. The smallest absolute Gasteiger partial charge is 0.259 e. The van der Waals surface area contributed by atoms with Gasteiger partial charge in [0.05, 0.1) is 0 Å². The van der Waals surface area contributed by atoms with E-state index in [1.165, 1.54) is 0 Å². The van der Waals surface area contributed by atoms with Crippen LogP contribution in [0, 0.1) is 0 Å². The number of hydrogen-bond donors (Lipinski definition) is 1. The lowest BCUT2D eigenvalue weighted by Crippen LogP contribution is -2.39. The molecular weight excluding hydrogens is 330 g/mol. The highest BCUT2D eigenvalue weighted by Crippen LogP contribution is 2.26. The third kappa shape index (κ3) is 3.95. The molecule has 138 valence electrons. The van der Waals surface area contributed by atoms with Gasteiger partial charge in [-0.1, -0.05) is 31.5 Å². The van der Waals surface area contributed by atoms with Gasteiger partial charge >= 0.3 is 0 Å². The third-order valence-corrected chi connectivity index (χ3v) is 4.73. The molecule has 1 aliphatic heterocycles. The second-order valence-corrected chi connectivity index (χ2v) is 6.62. The zero-order valence-electron chi connectivity index (χ0n) is 15.4. The number of para-hydroxylation sites is 1. The lowest BCUT2D eigenvalue weighted by molar-refractivity contribution is -0.135. The Morgan fingerprint density at radius 3 is 2.88 bits per heavy atom. The van der Waals surface area contributed by atoms with E-state index < -0.39 is 0 Å². The van der Waals surface area contributed by atoms with Crippen molar-refractivity contribution in [1.82, 2.24) is 10.3 Å². The summed E-state index contributed by atoms with van der Waals surface area (Å²) in [7, 11) is 0. The topological polar surface area (TPSA) is 74.9 Å². The molecule has 0 bridgehead atoms. The van der Waals surface area contributed by atoms with Gasteiger partial charge in [-0.25, -0.2) is 5.43 Å². The third-order valence-electron chi connectivity index (χ3n) is 4.73. The number of furan rings is 1. The van der Waals surface area contributed by atoms with Gasteiger partial charge < -0.3 is 9.32 Å². The first kappa shape index (κ1) is 18.2. The summed E-state index contributed by atoms with van der Waals surface area (Å²) >= 11 is 0. The van der Waals surface area contributed by atoms with Crippen molar-refractivity contribution in [2.75, 3.05) is 13.1 Å². The molecule has 0 unspecified atom stereocenters. The van der Waals surface area contributed by atoms with Crippen LogP contribution < -0.4 is 5.43 Å². The molecule has 26 heavy (non-hydrogen) atoms. The molecule has 1 fully saturated rings. The van der Waals surface area contributed by atoms with E-state index in [1.54, 1.807) is 4.90 Å². The van der Waals surface area contributed by atoms with Gasteiger partial charge in [0, 0.05) is 23.9 Å². The number of likely N-dealkylation sites (tertiary alicyclic amines) is 1. The minimum atomic E-state index is -0.284. The predicted molar refractivity (Wildman–Crippen MR) is 101 cm³/mol. The number of carbonyl (C=O) groups excluding carboxylic acids is 2. The van der Waals surface area contributed by atoms with E-state index in [2.05, 4.69) is 17.5 Å². The van der Waals surface area contributed by atoms with Crippen molar-refractivity contribution in [2.24, 2.45) is 5.10 Å². The van der Waals surface area contributed by atoms with Crippen LogP contribution in [0.15, 0.2) is 33.8 Å². The van der Waals surface area contributed by atoms with Crippen molar-refractivity contribution in [1.29, 1.82) is 0 Å². The van der Waals surface area contributed by atoms with E-state index in [0.29, 0.717) is 24.4 Å². The first-order valence-corrected chi connectivity index (χ1v) is 9.21. The Labute approximate surface area is 153 Å². The second-order valence-electron chi connectivity index (χ2n) is 6.62. The monoisotopic (exact) mass is 355 g/mol. The van der Waals surface area contributed by atoms with E-state index in [0.717, 1.165) is 42.2 Å². The van der Waals surface area contributed by atoms with Gasteiger partial charge in [-0.3, -0.25) is 9.59 Å². The fourth-order valence-corrected chi connectivity index (χ4v) is 3.35. The predicted octanol–water partition coefficient (Wildman–Crippen LogP) is 3.24. The number of fused-ring (bicyclic) bond motifs is 1. The van der Waals surface area contributed by atoms with Gasteiger partial charge in [-0.05, 0) is 32.3 Å². The first-order valence-electron chi connectivity index (χ1n) is 9.21. The van der Waals surface area contributed by atoms with Crippen LogP contribution in [0.2, 0.25) is 0 Å². The maximum Gasteiger partial charge on any atom is 0.259 e. The van der Waals surface area contributed by atoms with Crippen molar-refractivity contribution in [3.63, 3.8) is 0 Å². The van der Waals surface area contributed by atoms with Gasteiger partial charge in [0.25, 0.3) is 5.91 Å². The molecule has 6 heteroatoms. The fraction of sp³-hybridized carbons (Fsp3) is 0.450. The first-order chi connectivity index (χ1) is 12.6. The Morgan fingerprint density at radius 2 is 2.08 bits per heavy atom. The van der Waals surface area contributed by atoms with Gasteiger partial charge in [0.15, 0.2) is 5.76 Å². The summed E-state index contributed by atoms with van der Waals surface area (Å²) in [6.45, 7) is 4.57. The molecule has 0 spiro atoms. The number of aryl methyl sites for hydroxylation is 1. The highest BCUT2D eigenvalue weighted by molar-refractivity contribution is 6.02. The van der Waals surface area contributed by atoms with E-state index in [1.807, 2.05) is 31.2 Å². The molecule has 0 radical (unpaired) electrons. The van der Waals surface area contributed by atoms with E-state index in [-0.39, 0.29) is 18.4 Å². The number of benzene rings is 1. The zero-order chi connectivity index (χ0) is 18.5. The standard InChI is InChI=1S/C20H25N3O3/c1-3-15-16-9-6-7-10-17(16)26-20(15)14(2)21-22-18(24)13-23-12-8-4-5-11-19(23)25/h6-7,9-10H,3-5,8,11-13H2,1-2H3,(H,22,24)/b21-14-. The zero-order valence-corrected chi connectivity index (χ0v) is 15.4. The Kier molecular flexibility index (Phi) is 5.71. The number of rotatable bonds is 5. The van der Waals surface area contributed by atoms with Gasteiger partial charge in [-0.2, -0.15) is 5.10 Å². The normalized spacial score (nSPS) is 16.0. The van der Waals surface area contributed by atoms with Crippen LogP contribution in [0.5, 0.6) is 0 Å². The molecule has 1 aromatic heterocycles. The average Bonchev–Trinajstić information content (AvgIpc) is 2.91. The highest BCUT2D eigenvalue weighted by atomic mass is 16.3. The summed E-state index contributed by atoms with van der Waals surface area (Å²) in [5.41, 5.74) is 5.08. The molecule has 0 saturated carbocycles.